The maximum Gasteiger partial charge on any atom is 0.0279 e. The molecular formula is C11H21Cl. The van der Waals surface area contributed by atoms with Gasteiger partial charge in [-0.15, -0.1) is 11.6 Å². The van der Waals surface area contributed by atoms with Crippen molar-refractivity contribution in [1.82, 2.24) is 0 Å². The van der Waals surface area contributed by atoms with Gasteiger partial charge in [-0.1, -0.05) is 39.0 Å². The summed E-state index contributed by atoms with van der Waals surface area (Å²) in [5.41, 5.74) is 0.552. The number of unbranched alkanes of at least 4 members (excludes halogenated alkanes) is 2. The lowest BCUT2D eigenvalue weighted by Crippen LogP contribution is -2.18. The van der Waals surface area contributed by atoms with Gasteiger partial charge >= 0.3 is 0 Å². The van der Waals surface area contributed by atoms with E-state index in [4.69, 9.17) is 11.6 Å². The first-order valence-electron chi connectivity index (χ1n) is 5.39. The van der Waals surface area contributed by atoms with E-state index in [2.05, 4.69) is 6.92 Å². The quantitative estimate of drug-likeness (QED) is 0.444. The molecule has 0 spiro atoms. The highest BCUT2D eigenvalue weighted by Crippen LogP contribution is 2.43. The molecule has 72 valence electrons. The average molecular weight is 189 g/mol. The van der Waals surface area contributed by atoms with Crippen molar-refractivity contribution in [2.45, 2.75) is 58.3 Å². The Balaban J connectivity index is 2.24. The average Bonchev–Trinajstić information content (AvgIpc) is 2.55. The zero-order valence-electron chi connectivity index (χ0n) is 8.24. The lowest BCUT2D eigenvalue weighted by atomic mass is 9.83. The van der Waals surface area contributed by atoms with Crippen molar-refractivity contribution in [1.29, 1.82) is 0 Å². The van der Waals surface area contributed by atoms with E-state index in [0.717, 1.165) is 5.88 Å². The smallest absolute Gasteiger partial charge is 0.0279 e. The Hall–Kier alpha value is 0.290. The van der Waals surface area contributed by atoms with Crippen molar-refractivity contribution in [2.75, 3.05) is 5.88 Å². The minimum Gasteiger partial charge on any atom is -0.126 e. The molecule has 0 bridgehead atoms. The van der Waals surface area contributed by atoms with Crippen LogP contribution in [0.5, 0.6) is 0 Å². The van der Waals surface area contributed by atoms with E-state index in [1.54, 1.807) is 0 Å². The summed E-state index contributed by atoms with van der Waals surface area (Å²) in [4.78, 5) is 0. The lowest BCUT2D eigenvalue weighted by Gasteiger charge is -2.25. The highest BCUT2D eigenvalue weighted by atomic mass is 35.5. The van der Waals surface area contributed by atoms with Crippen LogP contribution in [0.1, 0.15) is 58.3 Å². The first kappa shape index (κ1) is 10.4. The van der Waals surface area contributed by atoms with Gasteiger partial charge in [0, 0.05) is 5.88 Å². The highest BCUT2D eigenvalue weighted by Gasteiger charge is 2.31. The van der Waals surface area contributed by atoms with Gasteiger partial charge in [0.05, 0.1) is 0 Å². The topological polar surface area (TPSA) is 0 Å². The van der Waals surface area contributed by atoms with Gasteiger partial charge < -0.3 is 0 Å². The van der Waals surface area contributed by atoms with Crippen molar-refractivity contribution in [3.8, 4) is 0 Å². The molecular weight excluding hydrogens is 168 g/mol. The predicted octanol–water partition coefficient (Wildman–Crippen LogP) is 4.37. The number of hydrogen-bond acceptors (Lipinski definition) is 0. The molecule has 0 amide bonds. The standard InChI is InChI=1S/C11H21Cl/c1-2-3-4-7-11(10-12)8-5-6-9-11/h2-10H2,1H3. The van der Waals surface area contributed by atoms with Crippen LogP contribution in [0.15, 0.2) is 0 Å². The minimum absolute atomic E-state index is 0.552. The summed E-state index contributed by atoms with van der Waals surface area (Å²) >= 11 is 6.04. The monoisotopic (exact) mass is 188 g/mol. The van der Waals surface area contributed by atoms with E-state index in [0.29, 0.717) is 5.41 Å². The normalized spacial score (nSPS) is 21.5. The number of hydrogen-bond donors (Lipinski definition) is 0. The molecule has 0 nitrogen and oxygen atoms in total. The molecule has 0 atom stereocenters. The molecule has 1 rings (SSSR count). The predicted molar refractivity (Wildman–Crippen MR) is 55.8 cm³/mol. The minimum atomic E-state index is 0.552. The maximum absolute atomic E-state index is 6.04. The van der Waals surface area contributed by atoms with E-state index < -0.39 is 0 Å². The molecule has 0 unspecified atom stereocenters. The van der Waals surface area contributed by atoms with Crippen LogP contribution in [0.2, 0.25) is 0 Å². The van der Waals surface area contributed by atoms with E-state index in [9.17, 15) is 0 Å². The summed E-state index contributed by atoms with van der Waals surface area (Å²) in [7, 11) is 0. The second-order valence-corrected chi connectivity index (χ2v) is 4.57. The molecule has 0 saturated heterocycles. The Kier molecular flexibility index (Phi) is 4.42. The molecule has 0 radical (unpaired) electrons. The first-order chi connectivity index (χ1) is 5.83. The van der Waals surface area contributed by atoms with Crippen molar-refractivity contribution >= 4 is 11.6 Å². The summed E-state index contributed by atoms with van der Waals surface area (Å²) in [5, 5.41) is 0. The van der Waals surface area contributed by atoms with Crippen LogP contribution in [0.3, 0.4) is 0 Å². The Bertz CT molecular complexity index is 114. The lowest BCUT2D eigenvalue weighted by molar-refractivity contribution is 0.301. The van der Waals surface area contributed by atoms with E-state index in [1.807, 2.05) is 0 Å². The Morgan fingerprint density at radius 2 is 1.83 bits per heavy atom. The van der Waals surface area contributed by atoms with Crippen LogP contribution in [-0.4, -0.2) is 5.88 Å². The van der Waals surface area contributed by atoms with Gasteiger partial charge in [0.15, 0.2) is 0 Å². The van der Waals surface area contributed by atoms with E-state index in [1.165, 1.54) is 51.4 Å². The van der Waals surface area contributed by atoms with Gasteiger partial charge in [0.25, 0.3) is 0 Å². The van der Waals surface area contributed by atoms with Crippen LogP contribution in [0.25, 0.3) is 0 Å². The third-order valence-electron chi connectivity index (χ3n) is 3.26. The largest absolute Gasteiger partial charge is 0.126 e. The van der Waals surface area contributed by atoms with Crippen LogP contribution >= 0.6 is 11.6 Å². The third kappa shape index (κ3) is 2.65. The summed E-state index contributed by atoms with van der Waals surface area (Å²) < 4.78 is 0. The van der Waals surface area contributed by atoms with Crippen LogP contribution in [-0.2, 0) is 0 Å². The molecule has 12 heavy (non-hydrogen) atoms. The molecule has 0 aromatic rings. The number of alkyl halides is 1. The van der Waals surface area contributed by atoms with Gasteiger partial charge in [-0.2, -0.15) is 0 Å². The zero-order chi connectivity index (χ0) is 8.86. The molecule has 0 heterocycles. The molecule has 1 aliphatic carbocycles. The highest BCUT2D eigenvalue weighted by molar-refractivity contribution is 6.18. The summed E-state index contributed by atoms with van der Waals surface area (Å²) in [5.74, 6) is 0.900. The molecule has 0 aromatic carbocycles. The van der Waals surface area contributed by atoms with Gasteiger partial charge in [-0.3, -0.25) is 0 Å². The fraction of sp³-hybridized carbons (Fsp3) is 1.00. The van der Waals surface area contributed by atoms with Gasteiger partial charge in [-0.05, 0) is 24.7 Å². The van der Waals surface area contributed by atoms with Crippen LogP contribution < -0.4 is 0 Å². The Morgan fingerprint density at radius 3 is 2.33 bits per heavy atom. The van der Waals surface area contributed by atoms with Crippen molar-refractivity contribution in [3.63, 3.8) is 0 Å². The summed E-state index contributed by atoms with van der Waals surface area (Å²) in [6.07, 6.45) is 11.1. The molecule has 1 aliphatic rings. The second-order valence-electron chi connectivity index (χ2n) is 4.30. The van der Waals surface area contributed by atoms with Gasteiger partial charge in [0.2, 0.25) is 0 Å². The Labute approximate surface area is 81.7 Å². The Morgan fingerprint density at radius 1 is 1.17 bits per heavy atom. The molecule has 0 aliphatic heterocycles. The SMILES string of the molecule is CCCCCC1(CCl)CCCC1. The molecule has 1 fully saturated rings. The van der Waals surface area contributed by atoms with Gasteiger partial charge in [0.1, 0.15) is 0 Å². The van der Waals surface area contributed by atoms with Crippen LogP contribution in [0, 0.1) is 5.41 Å². The maximum atomic E-state index is 6.04. The fourth-order valence-corrected chi connectivity index (χ4v) is 2.73. The fourth-order valence-electron chi connectivity index (χ4n) is 2.33. The van der Waals surface area contributed by atoms with Crippen molar-refractivity contribution < 1.29 is 0 Å². The molecule has 0 N–H and O–H groups in total. The second kappa shape index (κ2) is 5.11. The van der Waals surface area contributed by atoms with E-state index in [-0.39, 0.29) is 0 Å². The molecule has 0 aromatic heterocycles. The van der Waals surface area contributed by atoms with E-state index >= 15 is 0 Å². The van der Waals surface area contributed by atoms with Crippen LogP contribution in [0.4, 0.5) is 0 Å². The first-order valence-corrected chi connectivity index (χ1v) is 5.92. The molecule has 1 saturated carbocycles. The van der Waals surface area contributed by atoms with Crippen molar-refractivity contribution in [3.05, 3.63) is 0 Å². The van der Waals surface area contributed by atoms with Crippen molar-refractivity contribution in [2.24, 2.45) is 5.41 Å². The molecule has 1 heteroatoms. The number of halogens is 1. The van der Waals surface area contributed by atoms with Gasteiger partial charge in [-0.25, -0.2) is 0 Å². The summed E-state index contributed by atoms with van der Waals surface area (Å²) in [6.45, 7) is 2.27. The summed E-state index contributed by atoms with van der Waals surface area (Å²) in [6, 6.07) is 0. The number of rotatable bonds is 5. The zero-order valence-corrected chi connectivity index (χ0v) is 9.00. The third-order valence-corrected chi connectivity index (χ3v) is 3.83.